The molecule has 1 atom stereocenters. The maximum atomic E-state index is 12.9. The Morgan fingerprint density at radius 1 is 1.05 bits per heavy atom. The first-order valence-corrected chi connectivity index (χ1v) is 13.4. The number of para-hydroxylation sites is 1. The highest BCUT2D eigenvalue weighted by molar-refractivity contribution is 5.96. The number of aromatic nitrogens is 1. The summed E-state index contributed by atoms with van der Waals surface area (Å²) in [4.78, 5) is 42.9. The maximum Gasteiger partial charge on any atom is 0.329 e. The van der Waals surface area contributed by atoms with Crippen molar-refractivity contribution in [1.29, 1.82) is 0 Å². The van der Waals surface area contributed by atoms with Gasteiger partial charge in [0.05, 0.1) is 37.8 Å². The Labute approximate surface area is 233 Å². The van der Waals surface area contributed by atoms with E-state index >= 15 is 0 Å². The average Bonchev–Trinajstić information content (AvgIpc) is 3.36. The van der Waals surface area contributed by atoms with Gasteiger partial charge in [0.1, 0.15) is 17.5 Å². The summed E-state index contributed by atoms with van der Waals surface area (Å²) in [6.45, 7) is 8.00. The van der Waals surface area contributed by atoms with Crippen LogP contribution in [0.15, 0.2) is 42.6 Å². The van der Waals surface area contributed by atoms with Crippen LogP contribution in [0.1, 0.15) is 26.3 Å². The number of nitrogens with zero attached hydrogens (tertiary/aromatic N) is 1. The summed E-state index contributed by atoms with van der Waals surface area (Å²) in [6, 6.07) is 10.3. The van der Waals surface area contributed by atoms with Gasteiger partial charge in [-0.3, -0.25) is 9.59 Å². The normalized spacial score (nSPS) is 13.9. The summed E-state index contributed by atoms with van der Waals surface area (Å²) in [5, 5.41) is 6.35. The highest BCUT2D eigenvalue weighted by atomic mass is 16.5. The molecule has 1 aliphatic rings. The molecule has 0 aliphatic carbocycles. The lowest BCUT2D eigenvalue weighted by molar-refractivity contribution is -0.150. The first-order chi connectivity index (χ1) is 19.4. The van der Waals surface area contributed by atoms with Crippen molar-refractivity contribution in [2.75, 3.05) is 56.3 Å². The molecule has 0 spiro atoms. The number of esters is 1. The predicted octanol–water partition coefficient (Wildman–Crippen LogP) is 3.03. The van der Waals surface area contributed by atoms with Gasteiger partial charge in [0.25, 0.3) is 5.91 Å². The Kier molecular flexibility index (Phi) is 9.85. The lowest BCUT2D eigenvalue weighted by Crippen LogP contribution is -2.43. The lowest BCUT2D eigenvalue weighted by Gasteiger charge is -2.31. The van der Waals surface area contributed by atoms with E-state index in [9.17, 15) is 14.4 Å². The molecule has 3 aromatic rings. The summed E-state index contributed by atoms with van der Waals surface area (Å²) < 4.78 is 22.5. The highest BCUT2D eigenvalue weighted by Gasteiger charge is 2.25. The van der Waals surface area contributed by atoms with Crippen molar-refractivity contribution in [3.05, 3.63) is 48.2 Å². The summed E-state index contributed by atoms with van der Waals surface area (Å²) in [7, 11) is 0. The van der Waals surface area contributed by atoms with Crippen LogP contribution in [-0.2, 0) is 30.3 Å². The topological polar surface area (TPSA) is 131 Å². The van der Waals surface area contributed by atoms with Gasteiger partial charge >= 0.3 is 5.97 Å². The predicted molar refractivity (Wildman–Crippen MR) is 151 cm³/mol. The van der Waals surface area contributed by atoms with Gasteiger partial charge in [0.15, 0.2) is 6.61 Å². The standard InChI is InChI=1S/C29H36N4O7/c1-4-38-26-16-25(33-10-12-37-13-11-33)27(39-5-2)15-23(26)32-28(35)18-40-29(36)24(31-19(3)34)14-20-17-30-22-9-7-6-8-21(20)22/h6-9,15-17,24,30H,4-5,10-14,18H2,1-3H3,(H,31,34)(H,32,35)/t24-/m0/s1. The van der Waals surface area contributed by atoms with Crippen LogP contribution < -0.4 is 25.0 Å². The van der Waals surface area contributed by atoms with Gasteiger partial charge in [-0.25, -0.2) is 4.79 Å². The van der Waals surface area contributed by atoms with Gasteiger partial charge in [0, 0.05) is 55.7 Å². The highest BCUT2D eigenvalue weighted by Crippen LogP contribution is 2.39. The second-order valence-electron chi connectivity index (χ2n) is 9.25. The number of rotatable bonds is 12. The van der Waals surface area contributed by atoms with Crippen LogP contribution in [0.3, 0.4) is 0 Å². The number of fused-ring (bicyclic) bond motifs is 1. The number of aromatic amines is 1. The van der Waals surface area contributed by atoms with E-state index < -0.39 is 24.5 Å². The van der Waals surface area contributed by atoms with E-state index in [1.54, 1.807) is 12.3 Å². The molecule has 4 rings (SSSR count). The molecule has 2 amide bonds. The number of benzene rings is 2. The monoisotopic (exact) mass is 552 g/mol. The molecule has 0 bridgehead atoms. The first-order valence-electron chi connectivity index (χ1n) is 13.4. The molecule has 1 saturated heterocycles. The number of morpholine rings is 1. The second-order valence-corrected chi connectivity index (χ2v) is 9.25. The number of hydrogen-bond acceptors (Lipinski definition) is 8. The average molecular weight is 553 g/mol. The van der Waals surface area contributed by atoms with Crippen molar-refractivity contribution >= 4 is 40.1 Å². The molecule has 0 saturated carbocycles. The summed E-state index contributed by atoms with van der Waals surface area (Å²) >= 11 is 0. The number of H-pyrrole nitrogens is 1. The molecule has 1 aromatic heterocycles. The number of anilines is 2. The third-order valence-corrected chi connectivity index (χ3v) is 6.39. The molecule has 3 N–H and O–H groups in total. The van der Waals surface area contributed by atoms with Crippen molar-refractivity contribution in [2.45, 2.75) is 33.2 Å². The Morgan fingerprint density at radius 2 is 1.77 bits per heavy atom. The van der Waals surface area contributed by atoms with Crippen LogP contribution in [0.25, 0.3) is 10.9 Å². The smallest absolute Gasteiger partial charge is 0.329 e. The van der Waals surface area contributed by atoms with E-state index in [4.69, 9.17) is 18.9 Å². The zero-order valence-corrected chi connectivity index (χ0v) is 23.1. The van der Waals surface area contributed by atoms with E-state index in [1.165, 1.54) is 6.92 Å². The zero-order valence-electron chi connectivity index (χ0n) is 23.1. The van der Waals surface area contributed by atoms with Gasteiger partial charge in [-0.2, -0.15) is 0 Å². The minimum absolute atomic E-state index is 0.208. The summed E-state index contributed by atoms with van der Waals surface area (Å²) in [5.74, 6) is -0.563. The molecule has 11 heteroatoms. The van der Waals surface area contributed by atoms with Gasteiger partial charge in [-0.1, -0.05) is 18.2 Å². The molecule has 1 fully saturated rings. The Balaban J connectivity index is 1.45. The molecular weight excluding hydrogens is 516 g/mol. The van der Waals surface area contributed by atoms with Crippen molar-refractivity contribution in [2.24, 2.45) is 0 Å². The third-order valence-electron chi connectivity index (χ3n) is 6.39. The molecule has 2 aromatic carbocycles. The first kappa shape index (κ1) is 28.8. The van der Waals surface area contributed by atoms with Gasteiger partial charge < -0.3 is 39.5 Å². The molecule has 2 heterocycles. The van der Waals surface area contributed by atoms with Crippen LogP contribution >= 0.6 is 0 Å². The minimum atomic E-state index is -0.958. The maximum absolute atomic E-state index is 12.9. The fourth-order valence-electron chi connectivity index (χ4n) is 4.63. The van der Waals surface area contributed by atoms with Crippen LogP contribution in [0.2, 0.25) is 0 Å². The number of hydrogen-bond donors (Lipinski definition) is 3. The van der Waals surface area contributed by atoms with Gasteiger partial charge in [-0.05, 0) is 25.5 Å². The van der Waals surface area contributed by atoms with Crippen molar-refractivity contribution in [3.63, 3.8) is 0 Å². The van der Waals surface area contributed by atoms with Gasteiger partial charge in [0.2, 0.25) is 5.91 Å². The van der Waals surface area contributed by atoms with Crippen molar-refractivity contribution < 1.29 is 33.3 Å². The molecule has 0 radical (unpaired) electrons. The number of ether oxygens (including phenoxy) is 4. The van der Waals surface area contributed by atoms with Crippen LogP contribution in [0, 0.1) is 0 Å². The molecule has 214 valence electrons. The van der Waals surface area contributed by atoms with Crippen LogP contribution in [0.5, 0.6) is 11.5 Å². The Morgan fingerprint density at radius 3 is 2.50 bits per heavy atom. The second kappa shape index (κ2) is 13.7. The van der Waals surface area contributed by atoms with E-state index in [1.807, 2.05) is 44.2 Å². The SMILES string of the molecule is CCOc1cc(N2CCOCC2)c(OCC)cc1NC(=O)COC(=O)[C@H](Cc1c[nH]c2ccccc12)NC(C)=O. The van der Waals surface area contributed by atoms with E-state index in [-0.39, 0.29) is 12.3 Å². The molecule has 1 aliphatic heterocycles. The number of carbonyl (C=O) groups is 3. The fraction of sp³-hybridized carbons (Fsp3) is 0.414. The Bertz CT molecular complexity index is 1330. The minimum Gasteiger partial charge on any atom is -0.492 e. The van der Waals surface area contributed by atoms with Crippen molar-refractivity contribution in [3.8, 4) is 11.5 Å². The quantitative estimate of drug-likeness (QED) is 0.292. The number of nitrogens with one attached hydrogen (secondary N) is 3. The van der Waals surface area contributed by atoms with E-state index in [0.29, 0.717) is 56.7 Å². The van der Waals surface area contributed by atoms with E-state index in [2.05, 4.69) is 20.5 Å². The molecule has 11 nitrogen and oxygen atoms in total. The van der Waals surface area contributed by atoms with Gasteiger partial charge in [-0.15, -0.1) is 0 Å². The lowest BCUT2D eigenvalue weighted by atomic mass is 10.0. The summed E-state index contributed by atoms with van der Waals surface area (Å²) in [6.07, 6.45) is 2.00. The van der Waals surface area contributed by atoms with E-state index in [0.717, 1.165) is 22.2 Å². The van der Waals surface area contributed by atoms with Crippen LogP contribution in [0.4, 0.5) is 11.4 Å². The molecule has 0 unspecified atom stereocenters. The van der Waals surface area contributed by atoms with Crippen molar-refractivity contribution in [1.82, 2.24) is 10.3 Å². The van der Waals surface area contributed by atoms with Crippen LogP contribution in [-0.4, -0.2) is 74.9 Å². The summed E-state index contributed by atoms with van der Waals surface area (Å²) in [5.41, 5.74) is 3.03. The fourth-order valence-corrected chi connectivity index (χ4v) is 4.63. The number of carbonyl (C=O) groups excluding carboxylic acids is 3. The Hall–Kier alpha value is -4.25. The number of amides is 2. The molecular formula is C29H36N4O7. The zero-order chi connectivity index (χ0) is 28.5. The molecule has 40 heavy (non-hydrogen) atoms. The third kappa shape index (κ3) is 7.23. The largest absolute Gasteiger partial charge is 0.492 e.